The quantitative estimate of drug-likeness (QED) is 0.456. The van der Waals surface area contributed by atoms with E-state index in [4.69, 9.17) is 33.7 Å². The number of halogens is 2. The van der Waals surface area contributed by atoms with Gasteiger partial charge >= 0.3 is 6.03 Å². The Kier molecular flexibility index (Phi) is 6.49. The number of nitrogens with one attached hydrogen (secondary N) is 1. The number of carbonyl (C=O) groups is 2. The maximum Gasteiger partial charge on any atom is 0.318 e. The molecule has 2 aliphatic rings. The Balaban J connectivity index is 1.45. The van der Waals surface area contributed by atoms with Crippen LogP contribution in [0.25, 0.3) is 11.3 Å². The van der Waals surface area contributed by atoms with Crippen LogP contribution in [0.5, 0.6) is 5.75 Å². The van der Waals surface area contributed by atoms with Crippen LogP contribution in [0.4, 0.5) is 10.7 Å². The number of ketones is 1. The maximum absolute atomic E-state index is 12.8. The first-order chi connectivity index (χ1) is 16.9. The lowest BCUT2D eigenvalue weighted by molar-refractivity contribution is 0.0922. The monoisotopic (exact) mass is 511 g/mol. The first kappa shape index (κ1) is 23.4. The van der Waals surface area contributed by atoms with Gasteiger partial charge in [-0.3, -0.25) is 4.79 Å². The standard InChI is InChI=1S/C25H23Cl2N5O3/c26-15-9-18(27)22(21(10-15)35-13-20(33)14-5-2-1-3-6-14)23-17-11-32(12-19(17)30-24(28)31-23)25(34)29-16-7-4-8-16/h1-3,5-6,9-10,16H,4,7-8,11-13H2,(H,29,34)(H2,28,30,31). The number of rotatable bonds is 6. The average Bonchev–Trinajstić information content (AvgIpc) is 3.24. The third-order valence-electron chi connectivity index (χ3n) is 6.23. The molecule has 180 valence electrons. The normalized spacial score (nSPS) is 14.9. The van der Waals surface area contributed by atoms with Crippen LogP contribution in [-0.2, 0) is 13.1 Å². The van der Waals surface area contributed by atoms with E-state index in [2.05, 4.69) is 15.3 Å². The molecule has 8 nitrogen and oxygen atoms in total. The minimum Gasteiger partial charge on any atom is -0.485 e. The van der Waals surface area contributed by atoms with Crippen molar-refractivity contribution in [1.29, 1.82) is 0 Å². The molecule has 1 aromatic heterocycles. The third-order valence-corrected chi connectivity index (χ3v) is 6.75. The number of hydrogen-bond donors (Lipinski definition) is 2. The number of fused-ring (bicyclic) bond motifs is 1. The predicted octanol–water partition coefficient (Wildman–Crippen LogP) is 4.87. The summed E-state index contributed by atoms with van der Waals surface area (Å²) in [5.74, 6) is 0.153. The molecular formula is C25H23Cl2N5O3. The largest absolute Gasteiger partial charge is 0.485 e. The molecule has 1 fully saturated rings. The molecule has 35 heavy (non-hydrogen) atoms. The molecule has 2 aromatic carbocycles. The van der Waals surface area contributed by atoms with Gasteiger partial charge in [0.2, 0.25) is 5.95 Å². The first-order valence-corrected chi connectivity index (χ1v) is 12.1. The van der Waals surface area contributed by atoms with Gasteiger partial charge in [-0.1, -0.05) is 53.5 Å². The lowest BCUT2D eigenvalue weighted by Gasteiger charge is -2.28. The van der Waals surface area contributed by atoms with Gasteiger partial charge in [0.05, 0.1) is 35.1 Å². The van der Waals surface area contributed by atoms with Crippen LogP contribution in [-0.4, -0.2) is 39.3 Å². The van der Waals surface area contributed by atoms with Gasteiger partial charge in [0.15, 0.2) is 12.4 Å². The molecule has 0 bridgehead atoms. The van der Waals surface area contributed by atoms with E-state index in [9.17, 15) is 9.59 Å². The topological polar surface area (TPSA) is 110 Å². The van der Waals surface area contributed by atoms with Crippen LogP contribution in [0.3, 0.4) is 0 Å². The highest BCUT2D eigenvalue weighted by Crippen LogP contribution is 2.42. The highest BCUT2D eigenvalue weighted by atomic mass is 35.5. The predicted molar refractivity (Wildman–Crippen MR) is 134 cm³/mol. The van der Waals surface area contributed by atoms with E-state index < -0.39 is 0 Å². The fourth-order valence-corrected chi connectivity index (χ4v) is 4.75. The first-order valence-electron chi connectivity index (χ1n) is 11.3. The lowest BCUT2D eigenvalue weighted by atomic mass is 9.93. The van der Waals surface area contributed by atoms with Gasteiger partial charge in [-0.25, -0.2) is 14.8 Å². The number of nitrogens with zero attached hydrogens (tertiary/aromatic N) is 3. The lowest BCUT2D eigenvalue weighted by Crippen LogP contribution is -2.45. The third kappa shape index (κ3) is 4.90. The van der Waals surface area contributed by atoms with E-state index >= 15 is 0 Å². The van der Waals surface area contributed by atoms with Crippen LogP contribution < -0.4 is 15.8 Å². The Hall–Kier alpha value is -3.36. The molecule has 1 aliphatic heterocycles. The van der Waals surface area contributed by atoms with Gasteiger partial charge in [0, 0.05) is 22.2 Å². The Morgan fingerprint density at radius 1 is 1.11 bits per heavy atom. The molecule has 0 radical (unpaired) electrons. The molecule has 2 amide bonds. The summed E-state index contributed by atoms with van der Waals surface area (Å²) in [7, 11) is 0. The van der Waals surface area contributed by atoms with Crippen LogP contribution in [0.1, 0.15) is 40.9 Å². The maximum atomic E-state index is 12.8. The van der Waals surface area contributed by atoms with Crippen molar-refractivity contribution < 1.29 is 14.3 Å². The Morgan fingerprint density at radius 3 is 2.60 bits per heavy atom. The van der Waals surface area contributed by atoms with Crippen molar-refractivity contribution in [2.24, 2.45) is 0 Å². The molecule has 10 heteroatoms. The number of carbonyl (C=O) groups excluding carboxylic acids is 2. The van der Waals surface area contributed by atoms with E-state index in [0.717, 1.165) is 24.8 Å². The Labute approximate surface area is 212 Å². The van der Waals surface area contributed by atoms with Crippen molar-refractivity contribution in [1.82, 2.24) is 20.2 Å². The van der Waals surface area contributed by atoms with Crippen LogP contribution in [0, 0.1) is 0 Å². The second kappa shape index (κ2) is 9.71. The summed E-state index contributed by atoms with van der Waals surface area (Å²) < 4.78 is 5.91. The summed E-state index contributed by atoms with van der Waals surface area (Å²) in [5, 5.41) is 3.68. The van der Waals surface area contributed by atoms with E-state index in [0.29, 0.717) is 46.4 Å². The summed E-state index contributed by atoms with van der Waals surface area (Å²) in [6, 6.07) is 12.1. The minimum absolute atomic E-state index is 0.0531. The van der Waals surface area contributed by atoms with Gasteiger partial charge in [0.25, 0.3) is 0 Å². The summed E-state index contributed by atoms with van der Waals surface area (Å²) in [4.78, 5) is 35.9. The Bertz CT molecular complexity index is 1300. The van der Waals surface area contributed by atoms with Gasteiger partial charge < -0.3 is 20.7 Å². The number of aromatic nitrogens is 2. The molecule has 5 rings (SSSR count). The number of anilines is 1. The zero-order valence-corrected chi connectivity index (χ0v) is 20.3. The molecule has 0 spiro atoms. The number of benzene rings is 2. The van der Waals surface area contributed by atoms with Crippen LogP contribution in [0.15, 0.2) is 42.5 Å². The number of ether oxygens (including phenoxy) is 1. The van der Waals surface area contributed by atoms with Gasteiger partial charge in [0.1, 0.15) is 5.75 Å². The average molecular weight is 512 g/mol. The van der Waals surface area contributed by atoms with Crippen molar-refractivity contribution in [3.63, 3.8) is 0 Å². The number of nitrogens with two attached hydrogens (primary N) is 1. The summed E-state index contributed by atoms with van der Waals surface area (Å²) >= 11 is 12.9. The van der Waals surface area contributed by atoms with Crippen LogP contribution >= 0.6 is 23.2 Å². The highest BCUT2D eigenvalue weighted by Gasteiger charge is 2.32. The summed E-state index contributed by atoms with van der Waals surface area (Å²) in [6.45, 7) is 0.388. The fraction of sp³-hybridized carbons (Fsp3) is 0.280. The second-order valence-corrected chi connectivity index (χ2v) is 9.47. The zero-order valence-electron chi connectivity index (χ0n) is 18.8. The van der Waals surface area contributed by atoms with Gasteiger partial charge in [-0.15, -0.1) is 0 Å². The number of urea groups is 1. The van der Waals surface area contributed by atoms with Crippen molar-refractivity contribution in [2.45, 2.75) is 38.4 Å². The van der Waals surface area contributed by atoms with Crippen molar-refractivity contribution in [3.8, 4) is 17.0 Å². The second-order valence-electron chi connectivity index (χ2n) is 8.63. The van der Waals surface area contributed by atoms with Gasteiger partial charge in [-0.05, 0) is 31.4 Å². The fourth-order valence-electron chi connectivity index (χ4n) is 4.19. The van der Waals surface area contributed by atoms with E-state index in [1.54, 1.807) is 41.3 Å². The number of amides is 2. The molecule has 0 atom stereocenters. The molecular weight excluding hydrogens is 489 g/mol. The van der Waals surface area contributed by atoms with E-state index in [1.165, 1.54) is 0 Å². The van der Waals surface area contributed by atoms with Crippen molar-refractivity contribution >= 4 is 41.0 Å². The zero-order chi connectivity index (χ0) is 24.5. The van der Waals surface area contributed by atoms with Crippen molar-refractivity contribution in [3.05, 3.63) is 69.3 Å². The molecule has 0 saturated heterocycles. The molecule has 2 heterocycles. The smallest absolute Gasteiger partial charge is 0.318 e. The minimum atomic E-state index is -0.216. The Morgan fingerprint density at radius 2 is 1.89 bits per heavy atom. The molecule has 3 aromatic rings. The molecule has 0 unspecified atom stereocenters. The summed E-state index contributed by atoms with van der Waals surface area (Å²) in [6.07, 6.45) is 3.11. The van der Waals surface area contributed by atoms with E-state index in [1.807, 2.05) is 6.07 Å². The molecule has 1 saturated carbocycles. The molecule has 1 aliphatic carbocycles. The SMILES string of the molecule is Nc1nc2c(c(-c3c(Cl)cc(Cl)cc3OCC(=O)c3ccccc3)n1)CN(C(=O)NC1CCC1)C2. The molecule has 3 N–H and O–H groups in total. The van der Waals surface area contributed by atoms with Gasteiger partial charge in [-0.2, -0.15) is 0 Å². The summed E-state index contributed by atoms with van der Waals surface area (Å²) in [5.41, 5.74) is 8.83. The van der Waals surface area contributed by atoms with E-state index in [-0.39, 0.29) is 35.4 Å². The highest BCUT2D eigenvalue weighted by molar-refractivity contribution is 6.37. The van der Waals surface area contributed by atoms with Crippen LogP contribution in [0.2, 0.25) is 10.0 Å². The number of Topliss-reactive ketones (excluding diaryl/α,β-unsaturated/α-hetero) is 1. The number of hydrogen-bond acceptors (Lipinski definition) is 6. The van der Waals surface area contributed by atoms with Crippen molar-refractivity contribution in [2.75, 3.05) is 12.3 Å². The number of nitrogen functional groups attached to an aromatic ring is 1.